The fraction of sp³-hybridized carbons (Fsp3) is 0.294. The summed E-state index contributed by atoms with van der Waals surface area (Å²) in [6, 6.07) is 9.38. The number of nitrogens with one attached hydrogen (secondary N) is 1. The molecule has 0 amide bonds. The number of hydrogen-bond acceptors (Lipinski definition) is 3. The van der Waals surface area contributed by atoms with Crippen LogP contribution < -0.4 is 14.8 Å². The second-order valence-corrected chi connectivity index (χ2v) is 5.21. The van der Waals surface area contributed by atoms with Crippen LogP contribution in [0.4, 0.5) is 8.78 Å². The highest BCUT2D eigenvalue weighted by Crippen LogP contribution is 2.35. The molecule has 1 unspecified atom stereocenters. The highest BCUT2D eigenvalue weighted by atomic mass is 19.1. The molecule has 0 aliphatic carbocycles. The van der Waals surface area contributed by atoms with Gasteiger partial charge in [-0.25, -0.2) is 8.78 Å². The maximum absolute atomic E-state index is 13.7. The van der Waals surface area contributed by atoms with Crippen LogP contribution in [0.25, 0.3) is 0 Å². The van der Waals surface area contributed by atoms with E-state index in [1.807, 2.05) is 18.2 Å². The molecule has 0 radical (unpaired) electrons. The number of methoxy groups -OCH3 is 1. The molecule has 2 aromatic carbocycles. The van der Waals surface area contributed by atoms with Crippen LogP contribution in [-0.4, -0.2) is 13.7 Å². The molecule has 0 aromatic heterocycles. The largest absolute Gasteiger partial charge is 0.497 e. The maximum atomic E-state index is 13.7. The van der Waals surface area contributed by atoms with Crippen molar-refractivity contribution in [2.45, 2.75) is 19.0 Å². The number of rotatable bonds is 4. The summed E-state index contributed by atoms with van der Waals surface area (Å²) in [6.07, 6.45) is 0.794. The smallest absolute Gasteiger partial charge is 0.130 e. The van der Waals surface area contributed by atoms with Crippen molar-refractivity contribution in [3.8, 4) is 11.5 Å². The molecule has 22 heavy (non-hydrogen) atoms. The molecule has 1 aliphatic heterocycles. The summed E-state index contributed by atoms with van der Waals surface area (Å²) in [5, 5.41) is 3.31. The van der Waals surface area contributed by atoms with Gasteiger partial charge in [0.25, 0.3) is 0 Å². The van der Waals surface area contributed by atoms with Gasteiger partial charge in [0.2, 0.25) is 0 Å². The molecule has 1 N–H and O–H groups in total. The first-order valence-corrected chi connectivity index (χ1v) is 7.15. The first-order valence-electron chi connectivity index (χ1n) is 7.15. The predicted molar refractivity (Wildman–Crippen MR) is 79.0 cm³/mol. The fourth-order valence-electron chi connectivity index (χ4n) is 2.61. The van der Waals surface area contributed by atoms with E-state index in [9.17, 15) is 8.78 Å². The first-order chi connectivity index (χ1) is 10.7. The Balaban J connectivity index is 1.74. The lowest BCUT2D eigenvalue weighted by Crippen LogP contribution is -2.27. The molecule has 0 bridgehead atoms. The van der Waals surface area contributed by atoms with Gasteiger partial charge in [0, 0.05) is 42.3 Å². The molecule has 0 saturated carbocycles. The van der Waals surface area contributed by atoms with E-state index in [1.165, 1.54) is 12.1 Å². The number of halogens is 2. The van der Waals surface area contributed by atoms with Crippen LogP contribution in [0.3, 0.4) is 0 Å². The van der Waals surface area contributed by atoms with E-state index >= 15 is 0 Å². The van der Waals surface area contributed by atoms with Gasteiger partial charge in [0.1, 0.15) is 23.1 Å². The molecule has 1 atom stereocenters. The third-order valence-corrected chi connectivity index (χ3v) is 3.81. The summed E-state index contributed by atoms with van der Waals surface area (Å²) in [5.74, 6) is 0.422. The molecule has 116 valence electrons. The molecule has 3 rings (SSSR count). The van der Waals surface area contributed by atoms with Crippen LogP contribution in [0, 0.1) is 11.6 Å². The summed E-state index contributed by atoms with van der Waals surface area (Å²) >= 11 is 0. The highest BCUT2D eigenvalue weighted by molar-refractivity contribution is 5.43. The van der Waals surface area contributed by atoms with E-state index in [4.69, 9.17) is 9.47 Å². The van der Waals surface area contributed by atoms with Crippen molar-refractivity contribution in [1.29, 1.82) is 0 Å². The van der Waals surface area contributed by atoms with Gasteiger partial charge in [-0.05, 0) is 12.1 Å². The number of benzene rings is 2. The predicted octanol–water partition coefficient (Wildman–Crippen LogP) is 3.59. The number of fused-ring (bicyclic) bond motifs is 1. The number of hydrogen-bond donors (Lipinski definition) is 1. The molecule has 5 heteroatoms. The lowest BCUT2D eigenvalue weighted by atomic mass is 10.00. The van der Waals surface area contributed by atoms with Crippen molar-refractivity contribution in [1.82, 2.24) is 5.32 Å². The van der Waals surface area contributed by atoms with Crippen LogP contribution in [0.1, 0.15) is 23.6 Å². The lowest BCUT2D eigenvalue weighted by Gasteiger charge is -2.27. The van der Waals surface area contributed by atoms with Gasteiger partial charge in [-0.1, -0.05) is 12.1 Å². The van der Waals surface area contributed by atoms with Gasteiger partial charge in [-0.3, -0.25) is 0 Å². The van der Waals surface area contributed by atoms with E-state index < -0.39 is 11.6 Å². The Bertz CT molecular complexity index is 676. The molecule has 3 nitrogen and oxygen atoms in total. The molecule has 0 saturated heterocycles. The Morgan fingerprint density at radius 2 is 2.09 bits per heavy atom. The van der Waals surface area contributed by atoms with Crippen molar-refractivity contribution in [3.63, 3.8) is 0 Å². The quantitative estimate of drug-likeness (QED) is 0.936. The van der Waals surface area contributed by atoms with E-state index in [-0.39, 0.29) is 6.04 Å². The maximum Gasteiger partial charge on any atom is 0.130 e. The Morgan fingerprint density at radius 3 is 2.86 bits per heavy atom. The summed E-state index contributed by atoms with van der Waals surface area (Å²) in [5.41, 5.74) is 1.47. The molecule has 1 heterocycles. The third-order valence-electron chi connectivity index (χ3n) is 3.81. The summed E-state index contributed by atoms with van der Waals surface area (Å²) in [4.78, 5) is 0. The Morgan fingerprint density at radius 1 is 1.23 bits per heavy atom. The van der Waals surface area contributed by atoms with Crippen LogP contribution in [-0.2, 0) is 6.54 Å². The molecule has 0 spiro atoms. The minimum Gasteiger partial charge on any atom is -0.497 e. The zero-order valence-electron chi connectivity index (χ0n) is 12.2. The standard InChI is InChI=1S/C17H17F2NO2/c1-21-13-4-5-14-16(6-7-22-17(14)9-13)20-10-11-2-3-12(18)8-15(11)19/h2-5,8-9,16,20H,6-7,10H2,1H3. The van der Waals surface area contributed by atoms with E-state index in [2.05, 4.69) is 5.32 Å². The molecular weight excluding hydrogens is 288 g/mol. The topological polar surface area (TPSA) is 30.5 Å². The van der Waals surface area contributed by atoms with E-state index in [0.717, 1.165) is 29.5 Å². The highest BCUT2D eigenvalue weighted by Gasteiger charge is 2.21. The summed E-state index contributed by atoms with van der Waals surface area (Å²) in [7, 11) is 1.61. The van der Waals surface area contributed by atoms with Gasteiger partial charge in [-0.2, -0.15) is 0 Å². The van der Waals surface area contributed by atoms with Gasteiger partial charge in [-0.15, -0.1) is 0 Å². The average Bonchev–Trinajstić information content (AvgIpc) is 2.53. The average molecular weight is 305 g/mol. The monoisotopic (exact) mass is 305 g/mol. The lowest BCUT2D eigenvalue weighted by molar-refractivity contribution is 0.250. The minimum atomic E-state index is -0.565. The zero-order chi connectivity index (χ0) is 15.5. The van der Waals surface area contributed by atoms with E-state index in [1.54, 1.807) is 7.11 Å². The van der Waals surface area contributed by atoms with Gasteiger partial charge >= 0.3 is 0 Å². The van der Waals surface area contributed by atoms with Crippen molar-refractivity contribution in [2.24, 2.45) is 0 Å². The first kappa shape index (κ1) is 14.8. The zero-order valence-corrected chi connectivity index (χ0v) is 12.2. The third kappa shape index (κ3) is 3.04. The second kappa shape index (κ2) is 6.32. The van der Waals surface area contributed by atoms with Crippen LogP contribution in [0.15, 0.2) is 36.4 Å². The molecule has 0 fully saturated rings. The summed E-state index contributed by atoms with van der Waals surface area (Å²) < 4.78 is 37.4. The van der Waals surface area contributed by atoms with Crippen LogP contribution in [0.5, 0.6) is 11.5 Å². The Kier molecular flexibility index (Phi) is 4.24. The van der Waals surface area contributed by atoms with Gasteiger partial charge in [0.05, 0.1) is 13.7 Å². The van der Waals surface area contributed by atoms with Crippen molar-refractivity contribution in [3.05, 3.63) is 59.2 Å². The fourth-order valence-corrected chi connectivity index (χ4v) is 2.61. The summed E-state index contributed by atoms with van der Waals surface area (Å²) in [6.45, 7) is 0.923. The Hall–Kier alpha value is -2.14. The van der Waals surface area contributed by atoms with Gasteiger partial charge < -0.3 is 14.8 Å². The van der Waals surface area contributed by atoms with Crippen molar-refractivity contribution < 1.29 is 18.3 Å². The Labute approximate surface area is 127 Å². The normalized spacial score (nSPS) is 16.8. The van der Waals surface area contributed by atoms with Gasteiger partial charge in [0.15, 0.2) is 0 Å². The van der Waals surface area contributed by atoms with Crippen LogP contribution in [0.2, 0.25) is 0 Å². The van der Waals surface area contributed by atoms with Crippen LogP contribution >= 0.6 is 0 Å². The molecule has 2 aromatic rings. The molecule has 1 aliphatic rings. The molecular formula is C17H17F2NO2. The second-order valence-electron chi connectivity index (χ2n) is 5.21. The van der Waals surface area contributed by atoms with Crippen molar-refractivity contribution >= 4 is 0 Å². The SMILES string of the molecule is COc1ccc2c(c1)OCCC2NCc1ccc(F)cc1F. The van der Waals surface area contributed by atoms with Crippen molar-refractivity contribution in [2.75, 3.05) is 13.7 Å². The number of ether oxygens (including phenoxy) is 2. The minimum absolute atomic E-state index is 0.0686. The van der Waals surface area contributed by atoms with E-state index in [0.29, 0.717) is 18.7 Å².